The zero-order chi connectivity index (χ0) is 26.9. The lowest BCUT2D eigenvalue weighted by Crippen LogP contribution is -2.71. The third-order valence-electron chi connectivity index (χ3n) is 5.46. The Hall–Kier alpha value is -4.47. The molecule has 0 spiro atoms. The number of carboxylic acid groups (broad SMARTS) is 2. The number of oxazole rings is 1. The number of carbonyl (C=O) groups excluding carboxylic acids is 2. The van der Waals surface area contributed by atoms with Gasteiger partial charge in [0.25, 0.3) is 17.8 Å². The summed E-state index contributed by atoms with van der Waals surface area (Å²) in [6.45, 7) is 2.68. The number of thioether (sulfide) groups is 1. The number of hydrogen-bond acceptors (Lipinski definition) is 11. The zero-order valence-corrected chi connectivity index (χ0v) is 20.3. The van der Waals surface area contributed by atoms with Crippen LogP contribution in [0.4, 0.5) is 6.01 Å². The van der Waals surface area contributed by atoms with Crippen molar-refractivity contribution < 1.29 is 43.2 Å². The SMILES string of the molecule is CC(C)(ON=C(C(=O)NC1C(=O)N2C(C(=O)O)=C(C[n+]3ccncc3)CS[C@@H]12)c1coc(N)n1)C(=O)O. The van der Waals surface area contributed by atoms with E-state index in [9.17, 15) is 29.4 Å². The smallest absolute Gasteiger partial charge is 0.352 e. The molecule has 0 saturated carbocycles. The molecular weight excluding hydrogens is 510 g/mol. The first-order chi connectivity index (χ1) is 17.5. The molecule has 2 aromatic rings. The Morgan fingerprint density at radius 1 is 1.35 bits per heavy atom. The van der Waals surface area contributed by atoms with Crippen LogP contribution in [-0.4, -0.2) is 77.3 Å². The van der Waals surface area contributed by atoms with Gasteiger partial charge < -0.3 is 30.5 Å². The van der Waals surface area contributed by atoms with Gasteiger partial charge in [0.2, 0.25) is 5.60 Å². The van der Waals surface area contributed by atoms with Gasteiger partial charge in [-0.1, -0.05) is 5.16 Å². The molecule has 1 unspecified atom stereocenters. The summed E-state index contributed by atoms with van der Waals surface area (Å²) in [7, 11) is 0. The van der Waals surface area contributed by atoms with Crippen LogP contribution >= 0.6 is 11.8 Å². The molecule has 194 valence electrons. The van der Waals surface area contributed by atoms with E-state index in [1.54, 1.807) is 29.4 Å². The molecule has 2 amide bonds. The maximum Gasteiger partial charge on any atom is 0.352 e. The van der Waals surface area contributed by atoms with Gasteiger partial charge in [0, 0.05) is 11.3 Å². The summed E-state index contributed by atoms with van der Waals surface area (Å²) >= 11 is 1.29. The predicted octanol–water partition coefficient (Wildman–Crippen LogP) is -1.04. The molecule has 4 rings (SSSR count). The summed E-state index contributed by atoms with van der Waals surface area (Å²) in [5, 5.41) is 24.6. The molecule has 1 saturated heterocycles. The highest BCUT2D eigenvalue weighted by molar-refractivity contribution is 8.00. The number of nitrogens with two attached hydrogens (primary N) is 1. The highest BCUT2D eigenvalue weighted by atomic mass is 32.2. The minimum atomic E-state index is -1.78. The lowest BCUT2D eigenvalue weighted by Gasteiger charge is -2.49. The normalized spacial score (nSPS) is 19.7. The van der Waals surface area contributed by atoms with Crippen LogP contribution in [0.15, 0.2) is 51.9 Å². The number of nitrogen functional groups attached to an aromatic ring is 1. The van der Waals surface area contributed by atoms with Gasteiger partial charge in [0.1, 0.15) is 29.1 Å². The van der Waals surface area contributed by atoms with Crippen molar-refractivity contribution in [1.29, 1.82) is 0 Å². The number of nitrogens with one attached hydrogen (secondary N) is 1. The standard InChI is InChI=1S/C21H21N7O8S/c1-21(2,19(33)34)36-26-12(11-8-35-20(22)24-11)15(29)25-13-16(30)28-14(18(31)32)10(9-37-17(13)28)7-27-5-3-23-4-6-27/h3-6,8,13,17H,7,9H2,1-2H3,(H4-,22,24,25,29,31,32,33,34)/p+1/t13?,17-/m0/s1. The van der Waals surface area contributed by atoms with Crippen molar-refractivity contribution in [2.45, 2.75) is 37.4 Å². The van der Waals surface area contributed by atoms with Gasteiger partial charge in [-0.05, 0) is 13.8 Å². The molecule has 2 atom stereocenters. The van der Waals surface area contributed by atoms with Crippen molar-refractivity contribution >= 4 is 47.2 Å². The number of fused-ring (bicyclic) bond motifs is 1. The van der Waals surface area contributed by atoms with Crippen molar-refractivity contribution in [3.8, 4) is 0 Å². The fourth-order valence-electron chi connectivity index (χ4n) is 3.49. The average Bonchev–Trinajstić information content (AvgIpc) is 3.28. The first kappa shape index (κ1) is 25.6. The minimum Gasteiger partial charge on any atom is -0.478 e. The van der Waals surface area contributed by atoms with Gasteiger partial charge in [-0.2, -0.15) is 9.55 Å². The number of carboxylic acids is 2. The molecule has 2 aliphatic rings. The summed E-state index contributed by atoms with van der Waals surface area (Å²) < 4.78 is 6.64. The molecular formula is C21H22N7O8S+. The number of carbonyl (C=O) groups is 4. The van der Waals surface area contributed by atoms with E-state index in [1.165, 1.54) is 25.6 Å². The van der Waals surface area contributed by atoms with Gasteiger partial charge in [0.15, 0.2) is 24.7 Å². The van der Waals surface area contributed by atoms with Crippen molar-refractivity contribution in [2.24, 2.45) is 5.16 Å². The highest BCUT2D eigenvalue weighted by Crippen LogP contribution is 2.40. The number of amides is 2. The van der Waals surface area contributed by atoms with Gasteiger partial charge in [-0.3, -0.25) is 19.5 Å². The summed E-state index contributed by atoms with van der Waals surface area (Å²) in [4.78, 5) is 63.4. The van der Waals surface area contributed by atoms with Crippen LogP contribution in [0.25, 0.3) is 0 Å². The topological polar surface area (TPSA) is 214 Å². The van der Waals surface area contributed by atoms with Crippen molar-refractivity contribution in [3.63, 3.8) is 0 Å². The van der Waals surface area contributed by atoms with Gasteiger partial charge in [-0.15, -0.1) is 11.8 Å². The second kappa shape index (κ2) is 9.88. The van der Waals surface area contributed by atoms with E-state index in [2.05, 4.69) is 20.4 Å². The van der Waals surface area contributed by atoms with Crippen LogP contribution in [0.5, 0.6) is 0 Å². The van der Waals surface area contributed by atoms with E-state index in [0.29, 0.717) is 11.3 Å². The van der Waals surface area contributed by atoms with Gasteiger partial charge in [0.05, 0.1) is 12.4 Å². The van der Waals surface area contributed by atoms with Crippen LogP contribution < -0.4 is 15.6 Å². The lowest BCUT2D eigenvalue weighted by atomic mass is 10.0. The highest BCUT2D eigenvalue weighted by Gasteiger charge is 2.55. The van der Waals surface area contributed by atoms with Crippen molar-refractivity contribution in [1.82, 2.24) is 20.2 Å². The van der Waals surface area contributed by atoms with E-state index in [4.69, 9.17) is 15.0 Å². The van der Waals surface area contributed by atoms with E-state index >= 15 is 0 Å². The zero-order valence-electron chi connectivity index (χ0n) is 19.5. The molecule has 0 aliphatic carbocycles. The summed E-state index contributed by atoms with van der Waals surface area (Å²) in [6.07, 6.45) is 7.49. The molecule has 1 fully saturated rings. The van der Waals surface area contributed by atoms with Crippen LogP contribution in [0, 0.1) is 0 Å². The van der Waals surface area contributed by atoms with Crippen LogP contribution in [0.1, 0.15) is 19.5 Å². The molecule has 5 N–H and O–H groups in total. The van der Waals surface area contributed by atoms with Crippen molar-refractivity contribution in [3.05, 3.63) is 48.0 Å². The molecule has 4 heterocycles. The lowest BCUT2D eigenvalue weighted by molar-refractivity contribution is -0.689. The quantitative estimate of drug-likeness (QED) is 0.132. The van der Waals surface area contributed by atoms with E-state index in [0.717, 1.165) is 11.2 Å². The summed E-state index contributed by atoms with van der Waals surface area (Å²) in [5.41, 5.74) is 3.43. The number of aromatic nitrogens is 3. The first-order valence-corrected chi connectivity index (χ1v) is 11.8. The third-order valence-corrected chi connectivity index (χ3v) is 6.80. The fraction of sp³-hybridized carbons (Fsp3) is 0.333. The van der Waals surface area contributed by atoms with E-state index in [-0.39, 0.29) is 24.0 Å². The molecule has 2 aliphatic heterocycles. The Morgan fingerprint density at radius 2 is 2.05 bits per heavy atom. The Morgan fingerprint density at radius 3 is 2.65 bits per heavy atom. The molecule has 0 radical (unpaired) electrons. The Labute approximate surface area is 213 Å². The number of rotatable bonds is 9. The number of oxime groups is 1. The van der Waals surface area contributed by atoms with Crippen molar-refractivity contribution in [2.75, 3.05) is 11.5 Å². The van der Waals surface area contributed by atoms with Gasteiger partial charge >= 0.3 is 11.9 Å². The molecule has 2 aromatic heterocycles. The maximum atomic E-state index is 13.1. The number of hydrogen-bond donors (Lipinski definition) is 4. The average molecular weight is 533 g/mol. The number of anilines is 1. The van der Waals surface area contributed by atoms with Gasteiger partial charge in [-0.25, -0.2) is 9.59 Å². The molecule has 15 nitrogen and oxygen atoms in total. The molecule has 0 bridgehead atoms. The Balaban J connectivity index is 1.55. The number of nitrogens with zero attached hydrogens (tertiary/aromatic N) is 5. The van der Waals surface area contributed by atoms with Crippen LogP contribution in [0.2, 0.25) is 0 Å². The maximum absolute atomic E-state index is 13.1. The third kappa shape index (κ3) is 5.09. The molecule has 0 aromatic carbocycles. The second-order valence-corrected chi connectivity index (χ2v) is 9.56. The predicted molar refractivity (Wildman–Crippen MR) is 124 cm³/mol. The Kier molecular flexibility index (Phi) is 6.84. The largest absolute Gasteiger partial charge is 0.478 e. The molecule has 16 heteroatoms. The Bertz CT molecular complexity index is 1320. The summed E-state index contributed by atoms with van der Waals surface area (Å²) in [5.74, 6) is -3.86. The monoisotopic (exact) mass is 532 g/mol. The van der Waals surface area contributed by atoms with E-state index < -0.39 is 46.5 Å². The number of aliphatic carboxylic acids is 2. The first-order valence-electron chi connectivity index (χ1n) is 10.7. The minimum absolute atomic E-state index is 0.145. The van der Waals surface area contributed by atoms with Crippen LogP contribution in [-0.2, 0) is 30.6 Å². The van der Waals surface area contributed by atoms with E-state index in [1.807, 2.05) is 0 Å². The molecule has 37 heavy (non-hydrogen) atoms. The second-order valence-electron chi connectivity index (χ2n) is 8.45. The fourth-order valence-corrected chi connectivity index (χ4v) is 4.82. The summed E-state index contributed by atoms with van der Waals surface area (Å²) in [6, 6.07) is -1.36. The van der Waals surface area contributed by atoms with Crippen LogP contribution in [0.3, 0.4) is 0 Å². The number of β-lactam (4-membered cyclic amide) rings is 1.